The molecule has 0 aliphatic carbocycles. The molecule has 3 aromatic rings. The van der Waals surface area contributed by atoms with Gasteiger partial charge in [0.2, 0.25) is 5.91 Å². The molecule has 1 aliphatic heterocycles. The van der Waals surface area contributed by atoms with E-state index in [9.17, 15) is 9.59 Å². The van der Waals surface area contributed by atoms with Crippen LogP contribution in [0.1, 0.15) is 24.0 Å². The van der Waals surface area contributed by atoms with E-state index in [2.05, 4.69) is 10.3 Å². The fraction of sp³-hybridized carbons (Fsp3) is 0.292. The number of nitrogens with two attached hydrogens (primary N) is 1. The van der Waals surface area contributed by atoms with Crippen molar-refractivity contribution in [2.75, 3.05) is 18.8 Å². The Kier molecular flexibility index (Phi) is 6.49. The lowest BCUT2D eigenvalue weighted by molar-refractivity contribution is -0.135. The second-order valence-electron chi connectivity index (χ2n) is 7.88. The van der Waals surface area contributed by atoms with Crippen molar-refractivity contribution in [1.29, 1.82) is 0 Å². The number of carbonyl (C=O) groups excluding carboxylic acids is 2. The molecule has 7 heteroatoms. The van der Waals surface area contributed by atoms with Crippen molar-refractivity contribution in [3.8, 4) is 0 Å². The first-order chi connectivity index (χ1) is 15.0. The molecule has 160 valence electrons. The lowest BCUT2D eigenvalue weighted by Crippen LogP contribution is -2.51. The highest BCUT2D eigenvalue weighted by molar-refractivity contribution is 6.30. The number of Topliss-reactive ketones (excluding diaryl/α,β-unsaturated/α-hetero) is 1. The van der Waals surface area contributed by atoms with Gasteiger partial charge in [0.05, 0.1) is 0 Å². The molecule has 3 N–H and O–H groups in total. The standard InChI is InChI=1S/C24H25ClN4O2/c25-19-6-3-16(4-7-19)14-21(30)22(29-11-1-2-12-29)24(31)28-15-17-5-8-20-18(13-17)9-10-27-23(20)26/h3-10,13,22H,1-2,11-12,14-15H2,(H2,26,27)(H,28,31). The Morgan fingerprint density at radius 3 is 2.52 bits per heavy atom. The first-order valence-corrected chi connectivity index (χ1v) is 10.8. The summed E-state index contributed by atoms with van der Waals surface area (Å²) < 4.78 is 0. The average Bonchev–Trinajstić information content (AvgIpc) is 3.28. The molecule has 2 aromatic carbocycles. The number of aromatic nitrogens is 1. The molecule has 4 rings (SSSR count). The number of rotatable bonds is 7. The molecule has 31 heavy (non-hydrogen) atoms. The van der Waals surface area contributed by atoms with Crippen molar-refractivity contribution in [3.63, 3.8) is 0 Å². The highest BCUT2D eigenvalue weighted by Crippen LogP contribution is 2.20. The summed E-state index contributed by atoms with van der Waals surface area (Å²) in [6.45, 7) is 1.86. The predicted molar refractivity (Wildman–Crippen MR) is 123 cm³/mol. The van der Waals surface area contributed by atoms with Gasteiger partial charge in [-0.15, -0.1) is 0 Å². The number of amides is 1. The maximum atomic E-state index is 13.1. The van der Waals surface area contributed by atoms with E-state index >= 15 is 0 Å². The number of nitrogens with one attached hydrogen (secondary N) is 1. The van der Waals surface area contributed by atoms with Gasteiger partial charge < -0.3 is 11.1 Å². The number of pyridine rings is 1. The zero-order valence-corrected chi connectivity index (χ0v) is 17.9. The summed E-state index contributed by atoms with van der Waals surface area (Å²) in [5.74, 6) is 0.129. The number of hydrogen-bond donors (Lipinski definition) is 2. The van der Waals surface area contributed by atoms with Crippen molar-refractivity contribution in [2.45, 2.75) is 31.8 Å². The van der Waals surface area contributed by atoms with Crippen LogP contribution in [-0.2, 0) is 22.6 Å². The van der Waals surface area contributed by atoms with Gasteiger partial charge in [0.25, 0.3) is 0 Å². The molecule has 1 unspecified atom stereocenters. The molecule has 0 spiro atoms. The SMILES string of the molecule is Nc1nccc2cc(CNC(=O)C(C(=O)Cc3ccc(Cl)cc3)N3CCCC3)ccc12. The van der Waals surface area contributed by atoms with Crippen LogP contribution in [0.15, 0.2) is 54.7 Å². The van der Waals surface area contributed by atoms with Crippen molar-refractivity contribution in [2.24, 2.45) is 0 Å². The molecule has 1 saturated heterocycles. The summed E-state index contributed by atoms with van der Waals surface area (Å²) in [5.41, 5.74) is 7.71. The van der Waals surface area contributed by atoms with Gasteiger partial charge in [-0.2, -0.15) is 0 Å². The third-order valence-corrected chi connectivity index (χ3v) is 5.93. The second kappa shape index (κ2) is 9.45. The zero-order chi connectivity index (χ0) is 21.8. The molecule has 1 atom stereocenters. The Morgan fingerprint density at radius 1 is 1.06 bits per heavy atom. The van der Waals surface area contributed by atoms with Gasteiger partial charge in [0.15, 0.2) is 5.78 Å². The monoisotopic (exact) mass is 436 g/mol. The number of carbonyl (C=O) groups is 2. The number of fused-ring (bicyclic) bond motifs is 1. The van der Waals surface area contributed by atoms with Gasteiger partial charge in [-0.3, -0.25) is 14.5 Å². The van der Waals surface area contributed by atoms with Crippen LogP contribution in [0.25, 0.3) is 10.8 Å². The summed E-state index contributed by atoms with van der Waals surface area (Å²) in [7, 11) is 0. The van der Waals surface area contributed by atoms with Crippen LogP contribution in [0.3, 0.4) is 0 Å². The van der Waals surface area contributed by atoms with Gasteiger partial charge in [0.1, 0.15) is 11.9 Å². The van der Waals surface area contributed by atoms with Gasteiger partial charge in [0, 0.05) is 29.6 Å². The van der Waals surface area contributed by atoms with Crippen LogP contribution in [0.2, 0.25) is 5.02 Å². The Hall–Kier alpha value is -2.96. The van der Waals surface area contributed by atoms with Crippen molar-refractivity contribution in [1.82, 2.24) is 15.2 Å². The predicted octanol–water partition coefficient (Wildman–Crippen LogP) is 3.36. The zero-order valence-electron chi connectivity index (χ0n) is 17.2. The summed E-state index contributed by atoms with van der Waals surface area (Å²) in [5, 5.41) is 5.43. The largest absolute Gasteiger partial charge is 0.383 e. The van der Waals surface area contributed by atoms with E-state index in [1.54, 1.807) is 18.3 Å². The first kappa shape index (κ1) is 21.3. The van der Waals surface area contributed by atoms with Crippen LogP contribution >= 0.6 is 11.6 Å². The minimum absolute atomic E-state index is 0.0981. The van der Waals surface area contributed by atoms with Crippen LogP contribution in [0, 0.1) is 0 Å². The minimum Gasteiger partial charge on any atom is -0.383 e. The number of likely N-dealkylation sites (tertiary alicyclic amines) is 1. The quantitative estimate of drug-likeness (QED) is 0.554. The molecule has 6 nitrogen and oxygen atoms in total. The third kappa shape index (κ3) is 5.03. The summed E-state index contributed by atoms with van der Waals surface area (Å²) in [6, 6.07) is 14.1. The fourth-order valence-electron chi connectivity index (χ4n) is 4.06. The van der Waals surface area contributed by atoms with E-state index < -0.39 is 6.04 Å². The molecule has 0 bridgehead atoms. The highest BCUT2D eigenvalue weighted by Gasteiger charge is 2.33. The fourth-order valence-corrected chi connectivity index (χ4v) is 4.19. The van der Waals surface area contributed by atoms with Gasteiger partial charge >= 0.3 is 0 Å². The number of nitrogen functional groups attached to an aromatic ring is 1. The van der Waals surface area contributed by atoms with Crippen LogP contribution in [0.4, 0.5) is 5.82 Å². The number of nitrogens with zero attached hydrogens (tertiary/aromatic N) is 2. The number of ketones is 1. The minimum atomic E-state index is -0.779. The third-order valence-electron chi connectivity index (χ3n) is 5.68. The summed E-state index contributed by atoms with van der Waals surface area (Å²) >= 11 is 5.94. The van der Waals surface area contributed by atoms with Crippen LogP contribution in [-0.4, -0.2) is 40.7 Å². The van der Waals surface area contributed by atoms with E-state index in [-0.39, 0.29) is 18.1 Å². The second-order valence-corrected chi connectivity index (χ2v) is 8.32. The Bertz CT molecular complexity index is 1090. The molecule has 1 aliphatic rings. The summed E-state index contributed by atoms with van der Waals surface area (Å²) in [4.78, 5) is 32.3. The first-order valence-electron chi connectivity index (χ1n) is 10.4. The Labute approximate surface area is 186 Å². The average molecular weight is 437 g/mol. The number of benzene rings is 2. The van der Waals surface area contributed by atoms with E-state index in [0.29, 0.717) is 17.4 Å². The van der Waals surface area contributed by atoms with Crippen molar-refractivity contribution in [3.05, 3.63) is 70.9 Å². The molecule has 0 radical (unpaired) electrons. The molecule has 1 amide bonds. The number of anilines is 1. The van der Waals surface area contributed by atoms with E-state index in [1.807, 2.05) is 41.3 Å². The Balaban J connectivity index is 1.47. The lowest BCUT2D eigenvalue weighted by atomic mass is 10.0. The maximum absolute atomic E-state index is 13.1. The molecule has 1 fully saturated rings. The maximum Gasteiger partial charge on any atom is 0.245 e. The van der Waals surface area contributed by atoms with Crippen LogP contribution in [0.5, 0.6) is 0 Å². The van der Waals surface area contributed by atoms with Gasteiger partial charge in [-0.1, -0.05) is 35.9 Å². The van der Waals surface area contributed by atoms with E-state index in [0.717, 1.165) is 47.8 Å². The van der Waals surface area contributed by atoms with Crippen LogP contribution < -0.4 is 11.1 Å². The van der Waals surface area contributed by atoms with Crippen molar-refractivity contribution >= 4 is 39.9 Å². The molecular weight excluding hydrogens is 412 g/mol. The summed E-state index contributed by atoms with van der Waals surface area (Å²) in [6.07, 6.45) is 3.86. The number of hydrogen-bond acceptors (Lipinski definition) is 5. The Morgan fingerprint density at radius 2 is 1.77 bits per heavy atom. The van der Waals surface area contributed by atoms with E-state index in [1.165, 1.54) is 0 Å². The normalized spacial score (nSPS) is 15.1. The lowest BCUT2D eigenvalue weighted by Gasteiger charge is -2.25. The molecular formula is C24H25ClN4O2. The molecule has 0 saturated carbocycles. The van der Waals surface area contributed by atoms with Crippen molar-refractivity contribution < 1.29 is 9.59 Å². The highest BCUT2D eigenvalue weighted by atomic mass is 35.5. The molecule has 1 aromatic heterocycles. The number of halogens is 1. The smallest absolute Gasteiger partial charge is 0.245 e. The van der Waals surface area contributed by atoms with E-state index in [4.69, 9.17) is 17.3 Å². The van der Waals surface area contributed by atoms with Gasteiger partial charge in [-0.05, 0) is 66.7 Å². The van der Waals surface area contributed by atoms with Gasteiger partial charge in [-0.25, -0.2) is 4.98 Å². The molecule has 2 heterocycles. The topological polar surface area (TPSA) is 88.3 Å².